The molecule has 8 heteroatoms. The van der Waals surface area contributed by atoms with Crippen LogP contribution >= 0.6 is 0 Å². The molecule has 0 saturated heterocycles. The highest BCUT2D eigenvalue weighted by Crippen LogP contribution is 2.38. The molecule has 0 fully saturated rings. The zero-order chi connectivity index (χ0) is 17.2. The zero-order valence-corrected chi connectivity index (χ0v) is 13.9. The third-order valence-corrected chi connectivity index (χ3v) is 4.44. The Morgan fingerprint density at radius 3 is 3.04 bits per heavy atom. The quantitative estimate of drug-likeness (QED) is 0.704. The van der Waals surface area contributed by atoms with E-state index in [1.165, 1.54) is 11.9 Å². The Labute approximate surface area is 144 Å². The Balaban J connectivity index is 1.42. The van der Waals surface area contributed by atoms with Gasteiger partial charge >= 0.3 is 0 Å². The van der Waals surface area contributed by atoms with E-state index in [9.17, 15) is 4.79 Å². The summed E-state index contributed by atoms with van der Waals surface area (Å²) in [7, 11) is 0. The molecule has 3 heterocycles. The fourth-order valence-corrected chi connectivity index (χ4v) is 3.25. The Hall–Kier alpha value is -3.03. The molecule has 2 aromatic heterocycles. The lowest BCUT2D eigenvalue weighted by Crippen LogP contribution is -2.27. The summed E-state index contributed by atoms with van der Waals surface area (Å²) in [6, 6.07) is 8.07. The standard InChI is InChI=1S/C17H18N6O2/c1-12(24)23-8-13(14-4-2-3-5-15(14)23)6-7-17-20-16(21-25-17)9-22-11-18-10-19-22/h2-5,10-11,13H,6-9H2,1H3. The minimum absolute atomic E-state index is 0.0721. The van der Waals surface area contributed by atoms with Crippen LogP contribution in [0.1, 0.15) is 36.5 Å². The first-order valence-electron chi connectivity index (χ1n) is 8.21. The van der Waals surface area contributed by atoms with Crippen LogP contribution in [0.2, 0.25) is 0 Å². The van der Waals surface area contributed by atoms with E-state index in [1.807, 2.05) is 23.1 Å². The van der Waals surface area contributed by atoms with Crippen LogP contribution in [0.15, 0.2) is 41.4 Å². The monoisotopic (exact) mass is 338 g/mol. The summed E-state index contributed by atoms with van der Waals surface area (Å²) < 4.78 is 6.98. The summed E-state index contributed by atoms with van der Waals surface area (Å²) in [6.07, 6.45) is 4.61. The van der Waals surface area contributed by atoms with Crippen molar-refractivity contribution in [3.8, 4) is 0 Å². The van der Waals surface area contributed by atoms with Crippen LogP contribution in [0, 0.1) is 0 Å². The van der Waals surface area contributed by atoms with E-state index in [2.05, 4.69) is 26.3 Å². The van der Waals surface area contributed by atoms with Gasteiger partial charge in [-0.3, -0.25) is 4.79 Å². The smallest absolute Gasteiger partial charge is 0.226 e. The molecule has 3 aromatic rings. The van der Waals surface area contributed by atoms with Crippen molar-refractivity contribution >= 4 is 11.6 Å². The molecule has 1 unspecified atom stereocenters. The van der Waals surface area contributed by atoms with Crippen molar-refractivity contribution in [1.82, 2.24) is 24.9 Å². The van der Waals surface area contributed by atoms with E-state index in [0.717, 1.165) is 12.1 Å². The number of aryl methyl sites for hydroxylation is 1. The van der Waals surface area contributed by atoms with E-state index in [1.54, 1.807) is 17.9 Å². The average Bonchev–Trinajstić information content (AvgIpc) is 3.33. The summed E-state index contributed by atoms with van der Waals surface area (Å²) in [4.78, 5) is 22.0. The van der Waals surface area contributed by atoms with Crippen LogP contribution in [0.4, 0.5) is 5.69 Å². The molecular formula is C17H18N6O2. The molecular weight excluding hydrogens is 320 g/mol. The fraction of sp³-hybridized carbons (Fsp3) is 0.353. The second-order valence-corrected chi connectivity index (χ2v) is 6.12. The number of nitrogens with zero attached hydrogens (tertiary/aromatic N) is 6. The van der Waals surface area contributed by atoms with Crippen LogP contribution in [-0.2, 0) is 17.8 Å². The number of carbonyl (C=O) groups excluding carboxylic acids is 1. The molecule has 1 amide bonds. The van der Waals surface area contributed by atoms with Gasteiger partial charge in [-0.2, -0.15) is 10.1 Å². The van der Waals surface area contributed by atoms with Crippen LogP contribution < -0.4 is 4.90 Å². The molecule has 4 rings (SSSR count). The van der Waals surface area contributed by atoms with Crippen LogP contribution in [0.3, 0.4) is 0 Å². The van der Waals surface area contributed by atoms with Gasteiger partial charge in [0.2, 0.25) is 11.8 Å². The number of aromatic nitrogens is 5. The Kier molecular flexibility index (Phi) is 4.01. The molecule has 0 N–H and O–H groups in total. The Morgan fingerprint density at radius 2 is 2.24 bits per heavy atom. The van der Waals surface area contributed by atoms with Gasteiger partial charge in [0.15, 0.2) is 5.82 Å². The topological polar surface area (TPSA) is 89.9 Å². The van der Waals surface area contributed by atoms with Crippen molar-refractivity contribution < 1.29 is 9.32 Å². The second kappa shape index (κ2) is 6.46. The van der Waals surface area contributed by atoms with Crippen LogP contribution in [0.5, 0.6) is 0 Å². The molecule has 128 valence electrons. The second-order valence-electron chi connectivity index (χ2n) is 6.12. The average molecular weight is 338 g/mol. The van der Waals surface area contributed by atoms with Gasteiger partial charge in [-0.25, -0.2) is 9.67 Å². The first-order valence-corrected chi connectivity index (χ1v) is 8.21. The summed E-state index contributed by atoms with van der Waals surface area (Å²) >= 11 is 0. The first kappa shape index (κ1) is 15.5. The number of hydrogen-bond donors (Lipinski definition) is 0. The number of hydrogen-bond acceptors (Lipinski definition) is 6. The zero-order valence-electron chi connectivity index (χ0n) is 13.9. The maximum Gasteiger partial charge on any atom is 0.226 e. The lowest BCUT2D eigenvalue weighted by atomic mass is 9.96. The third-order valence-electron chi connectivity index (χ3n) is 4.44. The molecule has 0 bridgehead atoms. The summed E-state index contributed by atoms with van der Waals surface area (Å²) in [6.45, 7) is 2.75. The predicted molar refractivity (Wildman–Crippen MR) is 89.0 cm³/mol. The van der Waals surface area contributed by atoms with Gasteiger partial charge in [0.1, 0.15) is 19.2 Å². The van der Waals surface area contributed by atoms with E-state index >= 15 is 0 Å². The molecule has 0 aliphatic carbocycles. The van der Waals surface area contributed by atoms with Crippen molar-refractivity contribution in [3.05, 3.63) is 54.2 Å². The minimum atomic E-state index is 0.0721. The fourth-order valence-electron chi connectivity index (χ4n) is 3.25. The van der Waals surface area contributed by atoms with E-state index in [4.69, 9.17) is 4.52 Å². The molecule has 0 radical (unpaired) electrons. The van der Waals surface area contributed by atoms with Gasteiger partial charge in [-0.05, 0) is 18.1 Å². The number of carbonyl (C=O) groups is 1. The van der Waals surface area contributed by atoms with Gasteiger partial charge in [-0.1, -0.05) is 23.4 Å². The molecule has 0 spiro atoms. The lowest BCUT2D eigenvalue weighted by Gasteiger charge is -2.14. The van der Waals surface area contributed by atoms with Crippen molar-refractivity contribution in [2.75, 3.05) is 11.4 Å². The summed E-state index contributed by atoms with van der Waals surface area (Å²) in [5, 5.41) is 8.01. The number of para-hydroxylation sites is 1. The predicted octanol–water partition coefficient (Wildman–Crippen LogP) is 1.79. The molecule has 25 heavy (non-hydrogen) atoms. The number of anilines is 1. The van der Waals surface area contributed by atoms with E-state index in [0.29, 0.717) is 31.2 Å². The normalized spacial score (nSPS) is 16.2. The number of amides is 1. The van der Waals surface area contributed by atoms with Crippen molar-refractivity contribution in [1.29, 1.82) is 0 Å². The number of rotatable bonds is 5. The minimum Gasteiger partial charge on any atom is -0.339 e. The molecule has 1 aliphatic heterocycles. The molecule has 1 atom stereocenters. The van der Waals surface area contributed by atoms with Gasteiger partial charge in [0, 0.05) is 31.5 Å². The summed E-state index contributed by atoms with van der Waals surface area (Å²) in [5.74, 6) is 1.54. The van der Waals surface area contributed by atoms with Crippen molar-refractivity contribution in [3.63, 3.8) is 0 Å². The van der Waals surface area contributed by atoms with E-state index < -0.39 is 0 Å². The highest BCUT2D eigenvalue weighted by Gasteiger charge is 2.30. The van der Waals surface area contributed by atoms with Gasteiger partial charge in [0.25, 0.3) is 0 Å². The summed E-state index contributed by atoms with van der Waals surface area (Å²) in [5.41, 5.74) is 2.22. The molecule has 8 nitrogen and oxygen atoms in total. The lowest BCUT2D eigenvalue weighted by molar-refractivity contribution is -0.116. The van der Waals surface area contributed by atoms with Crippen molar-refractivity contribution in [2.45, 2.75) is 32.2 Å². The first-order chi connectivity index (χ1) is 12.2. The van der Waals surface area contributed by atoms with Gasteiger partial charge in [-0.15, -0.1) is 0 Å². The number of benzene rings is 1. The van der Waals surface area contributed by atoms with Gasteiger partial charge < -0.3 is 9.42 Å². The largest absolute Gasteiger partial charge is 0.339 e. The highest BCUT2D eigenvalue weighted by molar-refractivity contribution is 5.94. The van der Waals surface area contributed by atoms with Crippen molar-refractivity contribution in [2.24, 2.45) is 0 Å². The van der Waals surface area contributed by atoms with E-state index in [-0.39, 0.29) is 11.8 Å². The Morgan fingerprint density at radius 1 is 1.36 bits per heavy atom. The van der Waals surface area contributed by atoms with Gasteiger partial charge in [0.05, 0.1) is 0 Å². The third kappa shape index (κ3) is 3.15. The Bertz CT molecular complexity index is 873. The number of fused-ring (bicyclic) bond motifs is 1. The SMILES string of the molecule is CC(=O)N1CC(CCc2nc(Cn3cncn3)no2)c2ccccc21. The molecule has 1 aliphatic rings. The highest BCUT2D eigenvalue weighted by atomic mass is 16.5. The van der Waals surface area contributed by atoms with Crippen LogP contribution in [-0.4, -0.2) is 37.4 Å². The molecule has 1 aromatic carbocycles. The maximum absolute atomic E-state index is 11.9. The molecule has 0 saturated carbocycles. The maximum atomic E-state index is 11.9. The van der Waals surface area contributed by atoms with Crippen LogP contribution in [0.25, 0.3) is 0 Å².